The van der Waals surface area contributed by atoms with E-state index in [0.717, 1.165) is 10.5 Å². The van der Waals surface area contributed by atoms with E-state index >= 15 is 0 Å². The van der Waals surface area contributed by atoms with E-state index in [9.17, 15) is 14.4 Å². The molecule has 0 saturated carbocycles. The number of ketones is 1. The predicted molar refractivity (Wildman–Crippen MR) is 119 cm³/mol. The quantitative estimate of drug-likeness (QED) is 0.449. The first kappa shape index (κ1) is 25.6. The van der Waals surface area contributed by atoms with Crippen LogP contribution in [0.4, 0.5) is 4.79 Å². The zero-order valence-corrected chi connectivity index (χ0v) is 19.0. The van der Waals surface area contributed by atoms with Crippen molar-refractivity contribution in [3.05, 3.63) is 59.9 Å². The highest BCUT2D eigenvalue weighted by Gasteiger charge is 2.46. The monoisotopic (exact) mass is 475 g/mol. The average molecular weight is 475 g/mol. The van der Waals surface area contributed by atoms with Gasteiger partial charge in [0, 0.05) is 7.11 Å². The summed E-state index contributed by atoms with van der Waals surface area (Å²) in [7, 11) is 1.28. The second-order valence-corrected chi connectivity index (χ2v) is 7.49. The van der Waals surface area contributed by atoms with Gasteiger partial charge in [0.25, 0.3) is 5.91 Å². The molecule has 3 rings (SSSR count). The number of allylic oxidation sites excluding steroid dienone is 1. The fraction of sp³-hybridized carbons (Fsp3) is 0.458. The summed E-state index contributed by atoms with van der Waals surface area (Å²) in [4.78, 5) is 39.2. The van der Waals surface area contributed by atoms with Crippen LogP contribution in [0.3, 0.4) is 0 Å². The van der Waals surface area contributed by atoms with E-state index in [0.29, 0.717) is 32.0 Å². The third kappa shape index (κ3) is 6.51. The Morgan fingerprint density at radius 2 is 1.88 bits per heavy atom. The van der Waals surface area contributed by atoms with Gasteiger partial charge in [0.15, 0.2) is 18.0 Å². The molecule has 0 aromatic heterocycles. The number of carbonyl (C=O) groups excluding carboxylic acids is 3. The van der Waals surface area contributed by atoms with Crippen LogP contribution in [0.2, 0.25) is 0 Å². The van der Waals surface area contributed by atoms with Gasteiger partial charge in [0.1, 0.15) is 18.4 Å². The molecule has 1 aromatic carbocycles. The minimum atomic E-state index is -1.34. The van der Waals surface area contributed by atoms with E-state index in [1.54, 1.807) is 30.3 Å². The summed E-state index contributed by atoms with van der Waals surface area (Å²) < 4.78 is 26.7. The minimum absolute atomic E-state index is 0.0145. The summed E-state index contributed by atoms with van der Waals surface area (Å²) in [5, 5.41) is 8.65. The van der Waals surface area contributed by atoms with Crippen LogP contribution >= 0.6 is 0 Å². The average Bonchev–Trinajstić information content (AvgIpc) is 3.24. The van der Waals surface area contributed by atoms with Gasteiger partial charge in [0.2, 0.25) is 0 Å². The van der Waals surface area contributed by atoms with Crippen LogP contribution < -0.4 is 0 Å². The lowest BCUT2D eigenvalue weighted by Crippen LogP contribution is -2.51. The number of rotatable bonds is 12. The standard InChI is InChI=1S/C24H29NO9/c1-30-22(23(28)25-19(16-33-24(25)29)17-6-3-2-4-7-17)21-20(27)10-9-18(34-21)8-5-12-31-14-15-32-13-11-26/h2-4,6-10,19,21-22,26H,5,11-16H2,1H3/t19-,21+,22+/m1/s1. The number of amides is 2. The second kappa shape index (κ2) is 13.0. The molecule has 0 aliphatic carbocycles. The maximum atomic E-state index is 13.3. The Labute approximate surface area is 197 Å². The number of aliphatic hydroxyl groups is 1. The van der Waals surface area contributed by atoms with Crippen LogP contribution in [0.1, 0.15) is 18.0 Å². The molecule has 10 heteroatoms. The van der Waals surface area contributed by atoms with Gasteiger partial charge in [-0.2, -0.15) is 0 Å². The molecule has 1 fully saturated rings. The maximum absolute atomic E-state index is 13.3. The molecule has 1 aromatic rings. The first-order chi connectivity index (χ1) is 16.6. The first-order valence-corrected chi connectivity index (χ1v) is 11.0. The summed E-state index contributed by atoms with van der Waals surface area (Å²) in [5.41, 5.74) is 0.731. The van der Waals surface area contributed by atoms with Crippen molar-refractivity contribution in [2.45, 2.75) is 24.7 Å². The number of carbonyl (C=O) groups is 3. The molecule has 2 aliphatic heterocycles. The van der Waals surface area contributed by atoms with Gasteiger partial charge in [-0.1, -0.05) is 30.3 Å². The lowest BCUT2D eigenvalue weighted by molar-refractivity contribution is -0.153. The van der Waals surface area contributed by atoms with Crippen LogP contribution in [-0.4, -0.2) is 86.7 Å². The van der Waals surface area contributed by atoms with Crippen molar-refractivity contribution in [2.24, 2.45) is 0 Å². The van der Waals surface area contributed by atoms with Crippen molar-refractivity contribution < 1.29 is 43.2 Å². The normalized spacial score (nSPS) is 22.1. The zero-order valence-electron chi connectivity index (χ0n) is 19.0. The van der Waals surface area contributed by atoms with Gasteiger partial charge in [0.05, 0.1) is 33.0 Å². The van der Waals surface area contributed by atoms with Crippen molar-refractivity contribution in [3.63, 3.8) is 0 Å². The van der Waals surface area contributed by atoms with Crippen LogP contribution in [0.5, 0.6) is 0 Å². The molecule has 0 unspecified atom stereocenters. The summed E-state index contributed by atoms with van der Waals surface area (Å²) in [5.74, 6) is -0.764. The van der Waals surface area contributed by atoms with Gasteiger partial charge in [-0.3, -0.25) is 9.59 Å². The van der Waals surface area contributed by atoms with Gasteiger partial charge in [-0.25, -0.2) is 9.69 Å². The van der Waals surface area contributed by atoms with E-state index in [1.807, 2.05) is 6.07 Å². The Hall–Kier alpha value is -3.05. The molecule has 184 valence electrons. The predicted octanol–water partition coefficient (Wildman–Crippen LogP) is 1.55. The zero-order chi connectivity index (χ0) is 24.3. The van der Waals surface area contributed by atoms with Crippen LogP contribution in [0.25, 0.3) is 0 Å². The molecule has 2 aliphatic rings. The SMILES string of the molecule is CO[C@H](C(=O)N1C(=O)OC[C@@H]1c1ccccc1)[C@H]1OC(=CCCOCCOCCO)C=CC1=O. The Kier molecular flexibility index (Phi) is 9.77. The molecule has 34 heavy (non-hydrogen) atoms. The molecular weight excluding hydrogens is 446 g/mol. The summed E-state index contributed by atoms with van der Waals surface area (Å²) in [6, 6.07) is 8.40. The molecular formula is C24H29NO9. The first-order valence-electron chi connectivity index (χ1n) is 11.0. The van der Waals surface area contributed by atoms with E-state index in [2.05, 4.69) is 0 Å². The highest BCUT2D eigenvalue weighted by atomic mass is 16.6. The molecule has 1 saturated heterocycles. The van der Waals surface area contributed by atoms with E-state index in [4.69, 9.17) is 28.8 Å². The number of imide groups is 1. The van der Waals surface area contributed by atoms with Crippen molar-refractivity contribution in [2.75, 3.05) is 46.8 Å². The number of nitrogens with zero attached hydrogens (tertiary/aromatic N) is 1. The fourth-order valence-electron chi connectivity index (χ4n) is 3.58. The molecule has 3 atom stereocenters. The minimum Gasteiger partial charge on any atom is -0.479 e. The van der Waals surface area contributed by atoms with Crippen molar-refractivity contribution in [1.82, 2.24) is 4.90 Å². The number of methoxy groups -OCH3 is 1. The van der Waals surface area contributed by atoms with Gasteiger partial charge >= 0.3 is 6.09 Å². The van der Waals surface area contributed by atoms with Crippen LogP contribution in [0.15, 0.2) is 54.3 Å². The summed E-state index contributed by atoms with van der Waals surface area (Å²) in [6.07, 6.45) is 1.69. The van der Waals surface area contributed by atoms with E-state index < -0.39 is 36.0 Å². The number of ether oxygens (including phenoxy) is 5. The van der Waals surface area contributed by atoms with Crippen molar-refractivity contribution >= 4 is 17.8 Å². The molecule has 0 spiro atoms. The fourth-order valence-corrected chi connectivity index (χ4v) is 3.58. The number of aliphatic hydroxyl groups excluding tert-OH is 1. The molecule has 2 heterocycles. The van der Waals surface area contributed by atoms with Crippen LogP contribution in [0, 0.1) is 0 Å². The smallest absolute Gasteiger partial charge is 0.417 e. The maximum Gasteiger partial charge on any atom is 0.417 e. The molecule has 10 nitrogen and oxygen atoms in total. The second-order valence-electron chi connectivity index (χ2n) is 7.49. The van der Waals surface area contributed by atoms with Crippen LogP contribution in [-0.2, 0) is 33.3 Å². The number of benzene rings is 1. The number of hydrogen-bond acceptors (Lipinski definition) is 9. The third-order valence-corrected chi connectivity index (χ3v) is 5.24. The summed E-state index contributed by atoms with van der Waals surface area (Å²) >= 11 is 0. The Balaban J connectivity index is 1.62. The number of hydrogen-bond donors (Lipinski definition) is 1. The highest BCUT2D eigenvalue weighted by Crippen LogP contribution is 2.30. The number of cyclic esters (lactones) is 1. The molecule has 0 bridgehead atoms. The van der Waals surface area contributed by atoms with Crippen molar-refractivity contribution in [3.8, 4) is 0 Å². The highest BCUT2D eigenvalue weighted by molar-refractivity contribution is 6.03. The molecule has 0 radical (unpaired) electrons. The Morgan fingerprint density at radius 3 is 2.59 bits per heavy atom. The Morgan fingerprint density at radius 1 is 1.15 bits per heavy atom. The molecule has 1 N–H and O–H groups in total. The van der Waals surface area contributed by atoms with Gasteiger partial charge < -0.3 is 28.8 Å². The lowest BCUT2D eigenvalue weighted by Gasteiger charge is -2.30. The summed E-state index contributed by atoms with van der Waals surface area (Å²) in [6.45, 7) is 1.41. The topological polar surface area (TPSA) is 121 Å². The largest absolute Gasteiger partial charge is 0.479 e. The Bertz CT molecular complexity index is 899. The van der Waals surface area contributed by atoms with E-state index in [1.165, 1.54) is 19.3 Å². The molecule has 2 amide bonds. The van der Waals surface area contributed by atoms with E-state index in [-0.39, 0.29) is 19.8 Å². The van der Waals surface area contributed by atoms with Gasteiger partial charge in [-0.05, 0) is 30.2 Å². The van der Waals surface area contributed by atoms with Gasteiger partial charge in [-0.15, -0.1) is 0 Å². The van der Waals surface area contributed by atoms with Crippen molar-refractivity contribution in [1.29, 1.82) is 0 Å². The third-order valence-electron chi connectivity index (χ3n) is 5.24. The lowest BCUT2D eigenvalue weighted by atomic mass is 10.0.